The lowest BCUT2D eigenvalue weighted by atomic mass is 10.2. The predicted molar refractivity (Wildman–Crippen MR) is 64.8 cm³/mol. The van der Waals surface area contributed by atoms with E-state index in [2.05, 4.69) is 0 Å². The number of carbonyl (C=O) groups excluding carboxylic acids is 1. The molecule has 0 radical (unpaired) electrons. The minimum atomic E-state index is -0.422. The van der Waals surface area contributed by atoms with Crippen LogP contribution in [0.25, 0.3) is 0 Å². The fourth-order valence-electron chi connectivity index (χ4n) is 1.38. The highest BCUT2D eigenvalue weighted by atomic mass is 16.5. The first-order chi connectivity index (χ1) is 8.19. The molecule has 1 rings (SSSR count). The van der Waals surface area contributed by atoms with Gasteiger partial charge in [0.1, 0.15) is 0 Å². The highest BCUT2D eigenvalue weighted by Crippen LogP contribution is 2.30. The quantitative estimate of drug-likeness (QED) is 0.739. The number of hydrogen-bond donors (Lipinski definition) is 1. The van der Waals surface area contributed by atoms with Crippen molar-refractivity contribution in [3.8, 4) is 11.5 Å². The number of para-hydroxylation sites is 1. The van der Waals surface area contributed by atoms with E-state index in [1.807, 2.05) is 6.92 Å². The van der Waals surface area contributed by atoms with Crippen LogP contribution in [0.15, 0.2) is 18.2 Å². The fourth-order valence-corrected chi connectivity index (χ4v) is 1.38. The third-order valence-corrected chi connectivity index (χ3v) is 2.22. The number of aliphatic hydroxyl groups is 1. The maximum Gasteiger partial charge on any atom is 0.171 e. The summed E-state index contributed by atoms with van der Waals surface area (Å²) in [6, 6.07) is 5.18. The minimum Gasteiger partial charge on any atom is -0.490 e. The van der Waals surface area contributed by atoms with Gasteiger partial charge in [0, 0.05) is 6.42 Å². The molecular weight excluding hydrogens is 220 g/mol. The summed E-state index contributed by atoms with van der Waals surface area (Å²) in [5.74, 6) is 1.01. The van der Waals surface area contributed by atoms with E-state index in [1.165, 1.54) is 0 Å². The first kappa shape index (κ1) is 13.5. The van der Waals surface area contributed by atoms with Crippen molar-refractivity contribution in [3.63, 3.8) is 0 Å². The maximum atomic E-state index is 10.9. The molecule has 0 fully saturated rings. The third-order valence-electron chi connectivity index (χ3n) is 2.22. The second kappa shape index (κ2) is 6.91. The van der Waals surface area contributed by atoms with Gasteiger partial charge in [-0.1, -0.05) is 6.07 Å². The number of carbonyl (C=O) groups is 1. The number of aldehydes is 1. The molecule has 0 aromatic heterocycles. The van der Waals surface area contributed by atoms with Gasteiger partial charge in [-0.2, -0.15) is 0 Å². The van der Waals surface area contributed by atoms with Crippen LogP contribution in [0.5, 0.6) is 11.5 Å². The second-order valence-electron chi connectivity index (χ2n) is 3.71. The van der Waals surface area contributed by atoms with Crippen molar-refractivity contribution in [3.05, 3.63) is 23.8 Å². The molecule has 4 nitrogen and oxygen atoms in total. The van der Waals surface area contributed by atoms with Crippen molar-refractivity contribution in [1.82, 2.24) is 0 Å². The average Bonchev–Trinajstić information content (AvgIpc) is 2.30. The Bertz CT molecular complexity index is 360. The molecule has 4 heteroatoms. The summed E-state index contributed by atoms with van der Waals surface area (Å²) in [6.07, 6.45) is 0.827. The van der Waals surface area contributed by atoms with Crippen molar-refractivity contribution in [2.45, 2.75) is 26.4 Å². The molecule has 94 valence electrons. The van der Waals surface area contributed by atoms with Gasteiger partial charge in [0.25, 0.3) is 0 Å². The zero-order valence-corrected chi connectivity index (χ0v) is 10.2. The molecule has 1 aromatic rings. The molecule has 1 N–H and O–H groups in total. The van der Waals surface area contributed by atoms with Crippen LogP contribution in [0.2, 0.25) is 0 Å². The monoisotopic (exact) mass is 238 g/mol. The van der Waals surface area contributed by atoms with Crippen LogP contribution in [0.3, 0.4) is 0 Å². The van der Waals surface area contributed by atoms with Gasteiger partial charge < -0.3 is 14.6 Å². The lowest BCUT2D eigenvalue weighted by Gasteiger charge is -2.14. The van der Waals surface area contributed by atoms with E-state index < -0.39 is 6.10 Å². The molecule has 0 aliphatic heterocycles. The van der Waals surface area contributed by atoms with E-state index in [1.54, 1.807) is 25.1 Å². The number of ether oxygens (including phenoxy) is 2. The Kier molecular flexibility index (Phi) is 5.49. The van der Waals surface area contributed by atoms with Crippen LogP contribution in [0.4, 0.5) is 0 Å². The predicted octanol–water partition coefficient (Wildman–Crippen LogP) is 2.05. The largest absolute Gasteiger partial charge is 0.490 e. The van der Waals surface area contributed by atoms with Crippen LogP contribution in [-0.2, 0) is 0 Å². The normalized spacial score (nSPS) is 11.9. The van der Waals surface area contributed by atoms with Crippen molar-refractivity contribution in [2.24, 2.45) is 0 Å². The second-order valence-corrected chi connectivity index (χ2v) is 3.71. The van der Waals surface area contributed by atoms with Crippen LogP contribution in [0, 0.1) is 0 Å². The van der Waals surface area contributed by atoms with Gasteiger partial charge in [0.2, 0.25) is 0 Å². The summed E-state index contributed by atoms with van der Waals surface area (Å²) >= 11 is 0. The molecule has 1 atom stereocenters. The molecule has 0 aliphatic rings. The first-order valence-electron chi connectivity index (χ1n) is 5.70. The number of hydrogen-bond acceptors (Lipinski definition) is 4. The molecule has 1 aromatic carbocycles. The summed E-state index contributed by atoms with van der Waals surface area (Å²) in [6.45, 7) is 4.42. The summed E-state index contributed by atoms with van der Waals surface area (Å²) in [4.78, 5) is 10.9. The van der Waals surface area contributed by atoms with Gasteiger partial charge in [-0.25, -0.2) is 0 Å². The molecule has 0 saturated carbocycles. The topological polar surface area (TPSA) is 55.8 Å². The minimum absolute atomic E-state index is 0.350. The molecule has 0 heterocycles. The first-order valence-corrected chi connectivity index (χ1v) is 5.70. The van der Waals surface area contributed by atoms with E-state index in [0.717, 1.165) is 6.29 Å². The zero-order chi connectivity index (χ0) is 12.7. The van der Waals surface area contributed by atoms with Crippen LogP contribution < -0.4 is 9.47 Å². The van der Waals surface area contributed by atoms with Crippen molar-refractivity contribution < 1.29 is 19.4 Å². The molecule has 0 spiro atoms. The molecule has 0 aliphatic carbocycles. The molecule has 1 unspecified atom stereocenters. The van der Waals surface area contributed by atoms with Crippen LogP contribution >= 0.6 is 0 Å². The lowest BCUT2D eigenvalue weighted by molar-refractivity contribution is 0.111. The number of benzene rings is 1. The van der Waals surface area contributed by atoms with E-state index in [4.69, 9.17) is 14.6 Å². The molecular formula is C13H18O4. The van der Waals surface area contributed by atoms with Gasteiger partial charge in [-0.05, 0) is 26.0 Å². The molecule has 17 heavy (non-hydrogen) atoms. The van der Waals surface area contributed by atoms with Gasteiger partial charge in [-0.3, -0.25) is 4.79 Å². The lowest BCUT2D eigenvalue weighted by Crippen LogP contribution is -2.09. The smallest absolute Gasteiger partial charge is 0.171 e. The summed E-state index contributed by atoms with van der Waals surface area (Å²) < 4.78 is 10.9. The summed E-state index contributed by atoms with van der Waals surface area (Å²) in [5, 5.41) is 9.15. The van der Waals surface area contributed by atoms with Crippen molar-refractivity contribution in [1.29, 1.82) is 0 Å². The molecule has 0 bridgehead atoms. The van der Waals surface area contributed by atoms with Crippen LogP contribution in [0.1, 0.15) is 30.6 Å². The zero-order valence-electron chi connectivity index (χ0n) is 10.2. The van der Waals surface area contributed by atoms with Crippen LogP contribution in [-0.4, -0.2) is 30.7 Å². The van der Waals surface area contributed by atoms with E-state index >= 15 is 0 Å². The Labute approximate surface area is 101 Å². The fraction of sp³-hybridized carbons (Fsp3) is 0.462. The molecule has 0 saturated heterocycles. The SMILES string of the molecule is CCOc1cccc(C=O)c1OCCC(C)O. The average molecular weight is 238 g/mol. The van der Waals surface area contributed by atoms with Gasteiger partial charge in [0.05, 0.1) is 24.9 Å². The van der Waals surface area contributed by atoms with Crippen molar-refractivity contribution in [2.75, 3.05) is 13.2 Å². The molecule has 0 amide bonds. The van der Waals surface area contributed by atoms with Gasteiger partial charge >= 0.3 is 0 Å². The Balaban J connectivity index is 2.81. The van der Waals surface area contributed by atoms with E-state index in [-0.39, 0.29) is 0 Å². The van der Waals surface area contributed by atoms with Crippen molar-refractivity contribution >= 4 is 6.29 Å². The van der Waals surface area contributed by atoms with Gasteiger partial charge in [-0.15, -0.1) is 0 Å². The van der Waals surface area contributed by atoms with E-state index in [0.29, 0.717) is 36.7 Å². The summed E-state index contributed by atoms with van der Waals surface area (Å²) in [7, 11) is 0. The van der Waals surface area contributed by atoms with E-state index in [9.17, 15) is 4.79 Å². The Hall–Kier alpha value is -1.55. The summed E-state index contributed by atoms with van der Waals surface area (Å²) in [5.41, 5.74) is 0.460. The Morgan fingerprint density at radius 1 is 1.41 bits per heavy atom. The highest BCUT2D eigenvalue weighted by molar-refractivity contribution is 5.81. The highest BCUT2D eigenvalue weighted by Gasteiger charge is 2.10. The maximum absolute atomic E-state index is 10.9. The Morgan fingerprint density at radius 3 is 2.76 bits per heavy atom. The standard InChI is InChI=1S/C13H18O4/c1-3-16-12-6-4-5-11(9-14)13(12)17-8-7-10(2)15/h4-6,9-10,15H,3,7-8H2,1-2H3. The third kappa shape index (κ3) is 4.07. The van der Waals surface area contributed by atoms with Gasteiger partial charge in [0.15, 0.2) is 17.8 Å². The Morgan fingerprint density at radius 2 is 2.18 bits per heavy atom. The number of aliphatic hydroxyl groups excluding tert-OH is 1. The number of rotatable bonds is 7.